The van der Waals surface area contributed by atoms with Crippen LogP contribution in [0.15, 0.2) is 72.8 Å². The van der Waals surface area contributed by atoms with Crippen LogP contribution >= 0.6 is 0 Å². The van der Waals surface area contributed by atoms with Gasteiger partial charge in [-0.25, -0.2) is 0 Å². The molecule has 1 heterocycles. The minimum absolute atomic E-state index is 0.667. The number of aromatic nitrogens is 1. The summed E-state index contributed by atoms with van der Waals surface area (Å²) >= 11 is 0. The van der Waals surface area contributed by atoms with E-state index in [2.05, 4.69) is 34.9 Å². The fraction of sp³-hybridized carbons (Fsp3) is 0.250. The van der Waals surface area contributed by atoms with E-state index in [0.29, 0.717) is 5.46 Å². The Balaban J connectivity index is 1.97. The summed E-state index contributed by atoms with van der Waals surface area (Å²) < 4.78 is 8.13. The number of rotatable bonds is 5. The number of hydrogen-bond donors (Lipinski definition) is 2. The number of para-hydroxylation sites is 3. The number of hydrogen-bond acceptors (Lipinski definition) is 3. The average molecular weight is 387 g/mol. The number of fused-ring (bicyclic) bond motifs is 3. The quantitative estimate of drug-likeness (QED) is 0.509. The van der Waals surface area contributed by atoms with Crippen LogP contribution in [0.5, 0.6) is 0 Å². The molecular formula is C24H26BNO3. The first kappa shape index (κ1) is 19.7. The molecule has 5 heteroatoms. The highest BCUT2D eigenvalue weighted by Crippen LogP contribution is 2.32. The summed E-state index contributed by atoms with van der Waals surface area (Å²) in [5.74, 6) is 0. The standard InChI is InChI=1S/C24H26BNO3/c1-23(2,27)24(3,4)29-25(28)20-15-10-14-19-18-13-8-9-16-21(18)26(22(19)20)17-11-6-5-7-12-17/h5-16,27-28H,1-4H3. The molecule has 1 aromatic heterocycles. The summed E-state index contributed by atoms with van der Waals surface area (Å²) in [7, 11) is -1.19. The van der Waals surface area contributed by atoms with Gasteiger partial charge in [0, 0.05) is 21.9 Å². The molecule has 0 amide bonds. The fourth-order valence-corrected chi connectivity index (χ4v) is 3.58. The van der Waals surface area contributed by atoms with Crippen molar-refractivity contribution >= 4 is 34.4 Å². The van der Waals surface area contributed by atoms with E-state index in [1.54, 1.807) is 27.7 Å². The third-order valence-electron chi connectivity index (χ3n) is 5.89. The van der Waals surface area contributed by atoms with Crippen LogP contribution in [0.1, 0.15) is 27.7 Å². The van der Waals surface area contributed by atoms with E-state index in [4.69, 9.17) is 4.65 Å². The zero-order chi connectivity index (χ0) is 20.8. The maximum atomic E-state index is 11.1. The summed E-state index contributed by atoms with van der Waals surface area (Å²) in [6.45, 7) is 6.93. The normalized spacial score (nSPS) is 12.6. The summed E-state index contributed by atoms with van der Waals surface area (Å²) in [6, 6.07) is 24.2. The van der Waals surface area contributed by atoms with Crippen molar-refractivity contribution in [3.8, 4) is 5.69 Å². The van der Waals surface area contributed by atoms with Crippen molar-refractivity contribution < 1.29 is 14.8 Å². The Morgan fingerprint density at radius 3 is 2.10 bits per heavy atom. The molecule has 0 atom stereocenters. The van der Waals surface area contributed by atoms with E-state index in [0.717, 1.165) is 27.5 Å². The highest BCUT2D eigenvalue weighted by molar-refractivity contribution is 6.63. The van der Waals surface area contributed by atoms with Crippen LogP contribution in [0, 0.1) is 0 Å². The molecule has 0 radical (unpaired) electrons. The predicted octanol–water partition coefficient (Wildman–Crippen LogP) is 4.04. The molecule has 148 valence electrons. The average Bonchev–Trinajstić information content (AvgIpc) is 3.02. The maximum Gasteiger partial charge on any atom is 0.493 e. The molecule has 0 saturated carbocycles. The topological polar surface area (TPSA) is 54.6 Å². The van der Waals surface area contributed by atoms with Crippen LogP contribution in [0.25, 0.3) is 27.5 Å². The van der Waals surface area contributed by atoms with Gasteiger partial charge in [0.05, 0.1) is 22.2 Å². The first-order valence-electron chi connectivity index (χ1n) is 9.86. The van der Waals surface area contributed by atoms with Gasteiger partial charge in [-0.1, -0.05) is 54.6 Å². The van der Waals surface area contributed by atoms with Crippen LogP contribution in [-0.2, 0) is 4.65 Å². The SMILES string of the molecule is CC(C)(O)C(C)(C)OB(O)c1cccc2c3ccccc3n(-c3ccccc3)c12. The van der Waals surface area contributed by atoms with Crippen molar-refractivity contribution in [3.05, 3.63) is 72.8 Å². The Kier molecular flexibility index (Phi) is 4.78. The van der Waals surface area contributed by atoms with Crippen LogP contribution in [0.2, 0.25) is 0 Å². The molecule has 2 N–H and O–H groups in total. The smallest absolute Gasteiger partial charge is 0.423 e. The molecule has 0 aliphatic heterocycles. The highest BCUT2D eigenvalue weighted by atomic mass is 16.5. The monoisotopic (exact) mass is 387 g/mol. The van der Waals surface area contributed by atoms with Crippen LogP contribution in [0.4, 0.5) is 0 Å². The predicted molar refractivity (Wildman–Crippen MR) is 120 cm³/mol. The summed E-state index contributed by atoms with van der Waals surface area (Å²) in [4.78, 5) is 0. The molecule has 3 aromatic carbocycles. The molecule has 0 bridgehead atoms. The molecule has 0 aliphatic carbocycles. The lowest BCUT2D eigenvalue weighted by atomic mass is 9.75. The van der Waals surface area contributed by atoms with Gasteiger partial charge in [0.25, 0.3) is 0 Å². The summed E-state index contributed by atoms with van der Waals surface area (Å²) in [5.41, 5.74) is 1.58. The molecule has 4 nitrogen and oxygen atoms in total. The van der Waals surface area contributed by atoms with E-state index in [1.165, 1.54) is 0 Å². The molecule has 0 fully saturated rings. The molecule has 0 aliphatic rings. The van der Waals surface area contributed by atoms with E-state index in [9.17, 15) is 10.1 Å². The maximum absolute atomic E-state index is 11.1. The highest BCUT2D eigenvalue weighted by Gasteiger charge is 2.40. The molecule has 29 heavy (non-hydrogen) atoms. The minimum atomic E-state index is -1.19. The number of benzene rings is 3. The molecule has 0 unspecified atom stereocenters. The zero-order valence-electron chi connectivity index (χ0n) is 17.3. The van der Waals surface area contributed by atoms with Gasteiger partial charge in [0.2, 0.25) is 0 Å². The van der Waals surface area contributed by atoms with Gasteiger partial charge in [-0.15, -0.1) is 0 Å². The van der Waals surface area contributed by atoms with E-state index >= 15 is 0 Å². The van der Waals surface area contributed by atoms with Gasteiger partial charge in [0.15, 0.2) is 0 Å². The number of nitrogens with zero attached hydrogens (tertiary/aromatic N) is 1. The fourth-order valence-electron chi connectivity index (χ4n) is 3.58. The molecule has 0 spiro atoms. The second-order valence-electron chi connectivity index (χ2n) is 8.47. The van der Waals surface area contributed by atoms with Crippen molar-refractivity contribution in [1.29, 1.82) is 0 Å². The first-order valence-corrected chi connectivity index (χ1v) is 9.86. The largest absolute Gasteiger partial charge is 0.493 e. The lowest BCUT2D eigenvalue weighted by Crippen LogP contribution is -2.53. The molecule has 4 rings (SSSR count). The Morgan fingerprint density at radius 2 is 1.41 bits per heavy atom. The van der Waals surface area contributed by atoms with Gasteiger partial charge in [-0.05, 0) is 45.9 Å². The third-order valence-corrected chi connectivity index (χ3v) is 5.89. The van der Waals surface area contributed by atoms with Gasteiger partial charge < -0.3 is 19.4 Å². The van der Waals surface area contributed by atoms with Crippen molar-refractivity contribution in [2.45, 2.75) is 38.9 Å². The van der Waals surface area contributed by atoms with Gasteiger partial charge >= 0.3 is 7.12 Å². The van der Waals surface area contributed by atoms with E-state index in [1.807, 2.05) is 42.5 Å². The Labute approximate surface area is 171 Å². The van der Waals surface area contributed by atoms with E-state index < -0.39 is 18.3 Å². The third kappa shape index (κ3) is 3.36. The van der Waals surface area contributed by atoms with Gasteiger partial charge in [-0.2, -0.15) is 0 Å². The second-order valence-corrected chi connectivity index (χ2v) is 8.47. The second kappa shape index (κ2) is 7.03. The lowest BCUT2D eigenvalue weighted by Gasteiger charge is -2.38. The number of aliphatic hydroxyl groups is 1. The molecule has 4 aromatic rings. The van der Waals surface area contributed by atoms with Crippen molar-refractivity contribution in [1.82, 2.24) is 4.57 Å². The Morgan fingerprint density at radius 1 is 0.793 bits per heavy atom. The van der Waals surface area contributed by atoms with Crippen LogP contribution in [-0.4, -0.2) is 33.0 Å². The molecule has 0 saturated heterocycles. The zero-order valence-corrected chi connectivity index (χ0v) is 17.3. The Bertz CT molecular complexity index is 1160. The van der Waals surface area contributed by atoms with Crippen molar-refractivity contribution in [3.63, 3.8) is 0 Å². The minimum Gasteiger partial charge on any atom is -0.423 e. The first-order chi connectivity index (χ1) is 13.7. The van der Waals surface area contributed by atoms with Crippen LogP contribution < -0.4 is 5.46 Å². The lowest BCUT2D eigenvalue weighted by molar-refractivity contribution is -0.0982. The van der Waals surface area contributed by atoms with Gasteiger partial charge in [0.1, 0.15) is 0 Å². The van der Waals surface area contributed by atoms with Crippen LogP contribution in [0.3, 0.4) is 0 Å². The molecular weight excluding hydrogens is 361 g/mol. The van der Waals surface area contributed by atoms with Crippen molar-refractivity contribution in [2.75, 3.05) is 0 Å². The summed E-state index contributed by atoms with van der Waals surface area (Å²) in [5, 5.41) is 23.7. The van der Waals surface area contributed by atoms with Gasteiger partial charge in [-0.3, -0.25) is 0 Å². The van der Waals surface area contributed by atoms with Crippen molar-refractivity contribution in [2.24, 2.45) is 0 Å². The van der Waals surface area contributed by atoms with E-state index in [-0.39, 0.29) is 0 Å². The Hall–Kier alpha value is -2.60. The summed E-state index contributed by atoms with van der Waals surface area (Å²) in [6.07, 6.45) is 0.